The predicted octanol–water partition coefficient (Wildman–Crippen LogP) is 3.50. The zero-order chi connectivity index (χ0) is 14.3. The Morgan fingerprint density at radius 3 is 1.68 bits per heavy atom. The van der Waals surface area contributed by atoms with Gasteiger partial charge in [0.05, 0.1) is 0 Å². The van der Waals surface area contributed by atoms with Crippen LogP contribution in [0.2, 0.25) is 0 Å². The summed E-state index contributed by atoms with van der Waals surface area (Å²) in [5.74, 6) is -0.536. The number of carbonyl (C=O) groups excluding carboxylic acids is 1. The molecule has 0 aromatic rings. The normalized spacial score (nSPS) is 10.9. The summed E-state index contributed by atoms with van der Waals surface area (Å²) in [4.78, 5) is 11.0. The largest absolute Gasteiger partial charge is 0.411 e. The molecule has 0 atom stereocenters. The summed E-state index contributed by atoms with van der Waals surface area (Å²) in [5.41, 5.74) is 0. The summed E-state index contributed by atoms with van der Waals surface area (Å²) >= 11 is 0. The third-order valence-corrected chi connectivity index (χ3v) is 3.22. The van der Waals surface area contributed by atoms with Crippen molar-refractivity contribution in [1.82, 2.24) is 0 Å². The van der Waals surface area contributed by atoms with Crippen molar-refractivity contribution < 1.29 is 19.7 Å². The lowest BCUT2D eigenvalue weighted by Gasteiger charge is -2.05. The molecule has 4 nitrogen and oxygen atoms in total. The fourth-order valence-electron chi connectivity index (χ4n) is 2.11. The van der Waals surface area contributed by atoms with E-state index in [0.29, 0.717) is 0 Å². The van der Waals surface area contributed by atoms with Crippen molar-refractivity contribution in [1.29, 1.82) is 0 Å². The number of aliphatic hydroxyl groups is 2. The molecule has 4 heteroatoms. The molecular weight excluding hydrogens is 244 g/mol. The Kier molecular flexibility index (Phi) is 13.4. The number of rotatable bonds is 13. The van der Waals surface area contributed by atoms with E-state index in [9.17, 15) is 4.79 Å². The van der Waals surface area contributed by atoms with Gasteiger partial charge in [-0.2, -0.15) is 0 Å². The highest BCUT2D eigenvalue weighted by Crippen LogP contribution is 2.12. The first-order chi connectivity index (χ1) is 9.16. The Morgan fingerprint density at radius 2 is 1.26 bits per heavy atom. The van der Waals surface area contributed by atoms with Crippen LogP contribution in [-0.4, -0.2) is 22.7 Å². The Bertz CT molecular complexity index is 204. The van der Waals surface area contributed by atoms with Crippen LogP contribution in [0.15, 0.2) is 0 Å². The number of hydrogen-bond acceptors (Lipinski definition) is 4. The van der Waals surface area contributed by atoms with Crippen molar-refractivity contribution in [2.24, 2.45) is 0 Å². The van der Waals surface area contributed by atoms with Crippen LogP contribution in [0.5, 0.6) is 0 Å². The highest BCUT2D eigenvalue weighted by molar-refractivity contribution is 5.69. The number of esters is 1. The van der Waals surface area contributed by atoms with Gasteiger partial charge in [-0.05, 0) is 6.42 Å². The fraction of sp³-hybridized carbons (Fsp3) is 0.933. The molecule has 19 heavy (non-hydrogen) atoms. The average molecular weight is 274 g/mol. The molecule has 0 aromatic carbocycles. The Hall–Kier alpha value is -0.610. The Balaban J connectivity index is 3.08. The summed E-state index contributed by atoms with van der Waals surface area (Å²) in [7, 11) is 0. The molecule has 2 N–H and O–H groups in total. The van der Waals surface area contributed by atoms with Crippen LogP contribution in [-0.2, 0) is 9.53 Å². The van der Waals surface area contributed by atoms with Gasteiger partial charge in [0.2, 0.25) is 0 Å². The van der Waals surface area contributed by atoms with Gasteiger partial charge in [0.25, 0.3) is 0 Å². The first-order valence-electron chi connectivity index (χ1n) is 7.72. The number of carbonyl (C=O) groups is 1. The van der Waals surface area contributed by atoms with Gasteiger partial charge in [0.1, 0.15) is 0 Å². The standard InChI is InChI=1S/C15H30O4/c1-2-3-4-5-6-7-8-9-10-11-12-13-14(16)19-15(17)18/h15,17-18H,2-13H2,1H3. The summed E-state index contributed by atoms with van der Waals surface area (Å²) in [6, 6.07) is 0. The van der Waals surface area contributed by atoms with Crippen LogP contribution in [0, 0.1) is 0 Å². The zero-order valence-electron chi connectivity index (χ0n) is 12.3. The molecule has 0 aromatic heterocycles. The molecule has 0 fully saturated rings. The van der Waals surface area contributed by atoms with Gasteiger partial charge in [0, 0.05) is 6.42 Å². The van der Waals surface area contributed by atoms with Crippen molar-refractivity contribution in [3.8, 4) is 0 Å². The minimum atomic E-state index is -1.97. The molecule has 0 radical (unpaired) electrons. The van der Waals surface area contributed by atoms with E-state index in [-0.39, 0.29) is 6.42 Å². The van der Waals surface area contributed by atoms with E-state index in [2.05, 4.69) is 11.7 Å². The van der Waals surface area contributed by atoms with E-state index in [1.165, 1.54) is 51.4 Å². The topological polar surface area (TPSA) is 66.8 Å². The van der Waals surface area contributed by atoms with Gasteiger partial charge < -0.3 is 14.9 Å². The molecule has 114 valence electrons. The molecule has 0 aliphatic carbocycles. The quantitative estimate of drug-likeness (QED) is 0.306. The first-order valence-corrected chi connectivity index (χ1v) is 7.72. The van der Waals surface area contributed by atoms with Crippen LogP contribution < -0.4 is 0 Å². The lowest BCUT2D eigenvalue weighted by molar-refractivity contribution is -0.229. The van der Waals surface area contributed by atoms with Crippen LogP contribution in [0.3, 0.4) is 0 Å². The molecule has 0 unspecified atom stereocenters. The highest BCUT2D eigenvalue weighted by atomic mass is 16.7. The highest BCUT2D eigenvalue weighted by Gasteiger charge is 2.06. The van der Waals surface area contributed by atoms with Crippen LogP contribution >= 0.6 is 0 Å². The maximum absolute atomic E-state index is 11.0. The van der Waals surface area contributed by atoms with Gasteiger partial charge in [-0.1, -0.05) is 71.1 Å². The molecule has 0 heterocycles. The van der Waals surface area contributed by atoms with E-state index in [1.807, 2.05) is 0 Å². The summed E-state index contributed by atoms with van der Waals surface area (Å²) in [6.07, 6.45) is 13.8. The molecule has 0 aliphatic heterocycles. The molecule has 0 saturated heterocycles. The monoisotopic (exact) mass is 274 g/mol. The van der Waals surface area contributed by atoms with Crippen LogP contribution in [0.1, 0.15) is 84.0 Å². The molecule has 0 rings (SSSR count). The smallest absolute Gasteiger partial charge is 0.313 e. The molecule has 0 amide bonds. The fourth-order valence-corrected chi connectivity index (χ4v) is 2.11. The first kappa shape index (κ1) is 18.4. The predicted molar refractivity (Wildman–Crippen MR) is 75.4 cm³/mol. The minimum Gasteiger partial charge on any atom is -0.411 e. The van der Waals surface area contributed by atoms with Gasteiger partial charge in [-0.25, -0.2) is 0 Å². The van der Waals surface area contributed by atoms with Crippen LogP contribution in [0.4, 0.5) is 0 Å². The summed E-state index contributed by atoms with van der Waals surface area (Å²) in [6.45, 7) is 0.261. The van der Waals surface area contributed by atoms with E-state index >= 15 is 0 Å². The molecule has 0 aliphatic rings. The Morgan fingerprint density at radius 1 is 0.842 bits per heavy atom. The number of ether oxygens (including phenoxy) is 1. The second-order valence-electron chi connectivity index (χ2n) is 5.10. The zero-order valence-corrected chi connectivity index (χ0v) is 12.3. The van der Waals surface area contributed by atoms with E-state index < -0.39 is 12.4 Å². The van der Waals surface area contributed by atoms with Crippen molar-refractivity contribution in [3.63, 3.8) is 0 Å². The van der Waals surface area contributed by atoms with Crippen molar-refractivity contribution in [2.75, 3.05) is 0 Å². The summed E-state index contributed by atoms with van der Waals surface area (Å²) < 4.78 is 4.21. The number of hydrogen-bond donors (Lipinski definition) is 2. The van der Waals surface area contributed by atoms with Crippen molar-refractivity contribution >= 4 is 5.97 Å². The van der Waals surface area contributed by atoms with E-state index in [0.717, 1.165) is 19.3 Å². The minimum absolute atomic E-state index is 0.272. The van der Waals surface area contributed by atoms with Crippen LogP contribution in [0.25, 0.3) is 0 Å². The van der Waals surface area contributed by atoms with Crippen molar-refractivity contribution in [2.45, 2.75) is 90.4 Å². The molecule has 0 saturated carbocycles. The molecule has 0 bridgehead atoms. The second kappa shape index (κ2) is 13.8. The lowest BCUT2D eigenvalue weighted by Crippen LogP contribution is -2.16. The number of unbranched alkanes of at least 4 members (excludes halogenated alkanes) is 10. The number of aliphatic hydroxyl groups excluding tert-OH is 1. The second-order valence-corrected chi connectivity index (χ2v) is 5.10. The lowest BCUT2D eigenvalue weighted by atomic mass is 10.1. The van der Waals surface area contributed by atoms with Gasteiger partial charge >= 0.3 is 12.4 Å². The maximum atomic E-state index is 11.0. The van der Waals surface area contributed by atoms with Crippen molar-refractivity contribution in [3.05, 3.63) is 0 Å². The third-order valence-electron chi connectivity index (χ3n) is 3.22. The van der Waals surface area contributed by atoms with Gasteiger partial charge in [-0.3, -0.25) is 4.79 Å². The molecule has 0 spiro atoms. The summed E-state index contributed by atoms with van der Waals surface area (Å²) in [5, 5.41) is 16.8. The Labute approximate surface area is 117 Å². The SMILES string of the molecule is CCCCCCCCCCCCCC(=O)OC(O)O. The maximum Gasteiger partial charge on any atom is 0.313 e. The molecular formula is C15H30O4. The third kappa shape index (κ3) is 15.3. The van der Waals surface area contributed by atoms with E-state index in [4.69, 9.17) is 10.2 Å². The van der Waals surface area contributed by atoms with Gasteiger partial charge in [0.15, 0.2) is 0 Å². The van der Waals surface area contributed by atoms with Gasteiger partial charge in [-0.15, -0.1) is 0 Å². The average Bonchev–Trinajstić information content (AvgIpc) is 2.35. The van der Waals surface area contributed by atoms with E-state index in [1.54, 1.807) is 0 Å².